The smallest absolute Gasteiger partial charge is 0.259 e. The lowest BCUT2D eigenvalue weighted by Gasteiger charge is -2.26. The first-order chi connectivity index (χ1) is 16.1. The number of nitrogens with one attached hydrogen (secondary N) is 1. The molecule has 1 aliphatic carbocycles. The van der Waals surface area contributed by atoms with Crippen molar-refractivity contribution in [2.45, 2.75) is 56.4 Å². The lowest BCUT2D eigenvalue weighted by Crippen LogP contribution is -2.43. The van der Waals surface area contributed by atoms with Crippen LogP contribution in [0.2, 0.25) is 5.02 Å². The minimum atomic E-state index is -0.735. The van der Waals surface area contributed by atoms with Crippen LogP contribution in [0.5, 0.6) is 0 Å². The molecule has 33 heavy (non-hydrogen) atoms. The third kappa shape index (κ3) is 4.70. The maximum absolute atomic E-state index is 13.4. The average molecular weight is 481 g/mol. The van der Waals surface area contributed by atoms with E-state index in [4.69, 9.17) is 21.6 Å². The largest absolute Gasteiger partial charge is 0.353 e. The van der Waals surface area contributed by atoms with E-state index in [2.05, 4.69) is 5.32 Å². The van der Waals surface area contributed by atoms with Crippen LogP contribution in [0.4, 0.5) is 5.69 Å². The van der Waals surface area contributed by atoms with Gasteiger partial charge in [0.05, 0.1) is 12.1 Å². The van der Waals surface area contributed by atoms with Gasteiger partial charge in [-0.25, -0.2) is 9.89 Å². The molecule has 1 N–H and O–H groups in total. The summed E-state index contributed by atoms with van der Waals surface area (Å²) in [4.78, 5) is 37.1. The molecule has 0 unspecified atom stereocenters. The number of thioether (sulfide) groups is 1. The van der Waals surface area contributed by atoms with Gasteiger partial charge in [0, 0.05) is 22.4 Å². The molecule has 1 fully saturated rings. The van der Waals surface area contributed by atoms with Crippen molar-refractivity contribution in [1.29, 1.82) is 0 Å². The Morgan fingerprint density at radius 3 is 2.67 bits per heavy atom. The summed E-state index contributed by atoms with van der Waals surface area (Å²) >= 11 is 7.77. The summed E-state index contributed by atoms with van der Waals surface area (Å²) in [7, 11) is 0. The maximum atomic E-state index is 13.4. The monoisotopic (exact) mass is 480 g/mol. The second kappa shape index (κ2) is 9.69. The molecule has 6 nitrogen and oxygen atoms in total. The van der Waals surface area contributed by atoms with Crippen LogP contribution in [0.1, 0.15) is 49.7 Å². The molecule has 5 rings (SSSR count). The van der Waals surface area contributed by atoms with Crippen LogP contribution in [0, 0.1) is 0 Å². The zero-order chi connectivity index (χ0) is 22.8. The fourth-order valence-electron chi connectivity index (χ4n) is 4.50. The lowest BCUT2D eigenvalue weighted by atomic mass is 9.95. The predicted molar refractivity (Wildman–Crippen MR) is 133 cm³/mol. The standard InChI is InChI=1S/C25H25ClN4O2S/c26-19-12-6-4-8-16(19)15-33-25-29-20-13-7-5-11-18(20)23-28-21(24(32)30(23)25)14-22(31)27-17-9-2-1-3-10-17/h4-8,11-13,17,21H,1-3,9-10,14-15H2,(H,27,31)/t21-/m1/s1. The number of hydrogen-bond donors (Lipinski definition) is 1. The SMILES string of the molecule is O=C(C[C@H]1N=C2c3ccccc3N=C(SCc3ccccc3Cl)N2C1=O)NC1CCCCC1. The highest BCUT2D eigenvalue weighted by Crippen LogP contribution is 2.35. The van der Waals surface area contributed by atoms with Crippen molar-refractivity contribution >= 4 is 51.9 Å². The highest BCUT2D eigenvalue weighted by molar-refractivity contribution is 8.13. The Morgan fingerprint density at radius 2 is 1.85 bits per heavy atom. The Balaban J connectivity index is 1.36. The Bertz CT molecular complexity index is 1140. The molecular weight excluding hydrogens is 456 g/mol. The third-order valence-electron chi connectivity index (χ3n) is 6.21. The summed E-state index contributed by atoms with van der Waals surface area (Å²) in [6.45, 7) is 0. The van der Waals surface area contributed by atoms with E-state index in [1.54, 1.807) is 4.90 Å². The molecule has 170 valence electrons. The quantitative estimate of drug-likeness (QED) is 0.649. The number of carbonyl (C=O) groups is 2. The normalized spacial score (nSPS) is 20.1. The molecule has 2 aromatic carbocycles. The Kier molecular flexibility index (Phi) is 6.51. The highest BCUT2D eigenvalue weighted by Gasteiger charge is 2.42. The van der Waals surface area contributed by atoms with E-state index in [0.717, 1.165) is 42.5 Å². The predicted octanol–water partition coefficient (Wildman–Crippen LogP) is 5.07. The van der Waals surface area contributed by atoms with Gasteiger partial charge in [0.25, 0.3) is 5.91 Å². The van der Waals surface area contributed by atoms with Crippen LogP contribution in [-0.4, -0.2) is 39.8 Å². The number of fused-ring (bicyclic) bond motifs is 3. The average Bonchev–Trinajstić information content (AvgIpc) is 3.15. The molecule has 0 bridgehead atoms. The van der Waals surface area contributed by atoms with Crippen LogP contribution in [-0.2, 0) is 15.3 Å². The molecule has 2 aromatic rings. The van der Waals surface area contributed by atoms with Gasteiger partial charge in [-0.1, -0.05) is 73.0 Å². The van der Waals surface area contributed by atoms with Crippen molar-refractivity contribution in [1.82, 2.24) is 10.2 Å². The van der Waals surface area contributed by atoms with E-state index in [9.17, 15) is 9.59 Å². The molecule has 0 saturated heterocycles. The summed E-state index contributed by atoms with van der Waals surface area (Å²) in [6, 6.07) is 14.8. The number of aliphatic imine (C=N–C) groups is 2. The number of amides is 2. The third-order valence-corrected chi connectivity index (χ3v) is 7.57. The van der Waals surface area contributed by atoms with Gasteiger partial charge in [-0.2, -0.15) is 0 Å². The van der Waals surface area contributed by atoms with Crippen LogP contribution >= 0.6 is 23.4 Å². The molecule has 3 aliphatic rings. The van der Waals surface area contributed by atoms with Gasteiger partial charge in [0.2, 0.25) is 5.91 Å². The Labute approximate surface area is 202 Å². The van der Waals surface area contributed by atoms with E-state index in [0.29, 0.717) is 21.8 Å². The van der Waals surface area contributed by atoms with Gasteiger partial charge in [0.15, 0.2) is 5.17 Å². The van der Waals surface area contributed by atoms with Crippen molar-refractivity contribution in [2.75, 3.05) is 0 Å². The van der Waals surface area contributed by atoms with E-state index in [1.807, 2.05) is 48.5 Å². The van der Waals surface area contributed by atoms with Crippen LogP contribution in [0.25, 0.3) is 0 Å². The van der Waals surface area contributed by atoms with Crippen molar-refractivity contribution in [2.24, 2.45) is 9.98 Å². The fourth-order valence-corrected chi connectivity index (χ4v) is 5.79. The number of carbonyl (C=O) groups excluding carboxylic acids is 2. The number of para-hydroxylation sites is 1. The van der Waals surface area contributed by atoms with E-state index >= 15 is 0 Å². The van der Waals surface area contributed by atoms with E-state index < -0.39 is 6.04 Å². The van der Waals surface area contributed by atoms with Crippen LogP contribution in [0.3, 0.4) is 0 Å². The Morgan fingerprint density at radius 1 is 1.09 bits per heavy atom. The molecule has 2 heterocycles. The van der Waals surface area contributed by atoms with Crippen LogP contribution in [0.15, 0.2) is 58.5 Å². The zero-order valence-electron chi connectivity index (χ0n) is 18.2. The fraction of sp³-hybridized carbons (Fsp3) is 0.360. The first-order valence-electron chi connectivity index (χ1n) is 11.4. The van der Waals surface area contributed by atoms with Crippen molar-refractivity contribution < 1.29 is 9.59 Å². The number of amidine groups is 2. The molecule has 0 radical (unpaired) electrons. The van der Waals surface area contributed by atoms with Crippen LogP contribution < -0.4 is 5.32 Å². The molecule has 0 spiro atoms. The van der Waals surface area contributed by atoms with Gasteiger partial charge in [-0.15, -0.1) is 0 Å². The summed E-state index contributed by atoms with van der Waals surface area (Å²) in [6.07, 6.45) is 5.58. The maximum Gasteiger partial charge on any atom is 0.259 e. The number of rotatable bonds is 5. The molecule has 8 heteroatoms. The summed E-state index contributed by atoms with van der Waals surface area (Å²) < 4.78 is 0. The first-order valence-corrected chi connectivity index (χ1v) is 12.7. The van der Waals surface area contributed by atoms with E-state index in [1.165, 1.54) is 18.2 Å². The second-order valence-corrected chi connectivity index (χ2v) is 9.89. The van der Waals surface area contributed by atoms with Gasteiger partial charge in [0.1, 0.15) is 11.9 Å². The minimum Gasteiger partial charge on any atom is -0.353 e. The highest BCUT2D eigenvalue weighted by atomic mass is 35.5. The molecule has 1 atom stereocenters. The van der Waals surface area contributed by atoms with Gasteiger partial charge >= 0.3 is 0 Å². The van der Waals surface area contributed by atoms with Gasteiger partial charge in [-0.3, -0.25) is 14.6 Å². The minimum absolute atomic E-state index is 0.0555. The first kappa shape index (κ1) is 22.2. The zero-order valence-corrected chi connectivity index (χ0v) is 19.7. The summed E-state index contributed by atoms with van der Waals surface area (Å²) in [5.41, 5.74) is 2.55. The summed E-state index contributed by atoms with van der Waals surface area (Å²) in [5.74, 6) is 0.830. The van der Waals surface area contributed by atoms with Gasteiger partial charge in [-0.05, 0) is 36.6 Å². The number of benzene rings is 2. The number of halogens is 1. The lowest BCUT2D eigenvalue weighted by molar-refractivity contribution is -0.129. The summed E-state index contributed by atoms with van der Waals surface area (Å²) in [5, 5.41) is 4.35. The molecule has 2 aliphatic heterocycles. The van der Waals surface area contributed by atoms with E-state index in [-0.39, 0.29) is 24.3 Å². The molecule has 2 amide bonds. The second-order valence-electron chi connectivity index (χ2n) is 8.54. The number of nitrogens with zero attached hydrogens (tertiary/aromatic N) is 3. The van der Waals surface area contributed by atoms with Gasteiger partial charge < -0.3 is 5.32 Å². The number of hydrogen-bond acceptors (Lipinski definition) is 5. The van der Waals surface area contributed by atoms with Crippen molar-refractivity contribution in [3.63, 3.8) is 0 Å². The molecular formula is C25H25ClN4O2S. The molecule has 0 aromatic heterocycles. The van der Waals surface area contributed by atoms with Crippen molar-refractivity contribution in [3.05, 3.63) is 64.7 Å². The van der Waals surface area contributed by atoms with Crippen molar-refractivity contribution in [3.8, 4) is 0 Å². The Hall–Kier alpha value is -2.64. The topological polar surface area (TPSA) is 74.1 Å². The molecule has 1 saturated carbocycles.